The SMILES string of the molecule is NN.NN=C=O.O=C1CCNN1. The standard InChI is InChI=1S/C3H6N2O.CH2N2O.H4N2/c6-3-1-2-4-5-3;2-3-1-4;1-2/h4H,1-2H2,(H,5,6);2H2;1-2H2. The van der Waals surface area contributed by atoms with Gasteiger partial charge in [-0.25, -0.2) is 10.2 Å². The maximum Gasteiger partial charge on any atom is 0.257 e. The number of hydrazine groups is 2. The first-order valence-electron chi connectivity index (χ1n) is 2.93. The van der Waals surface area contributed by atoms with Crippen molar-refractivity contribution in [1.29, 1.82) is 0 Å². The third-order valence-corrected chi connectivity index (χ3v) is 0.758. The van der Waals surface area contributed by atoms with Crippen LogP contribution in [0, 0.1) is 0 Å². The van der Waals surface area contributed by atoms with Crippen LogP contribution in [0.4, 0.5) is 0 Å². The van der Waals surface area contributed by atoms with E-state index >= 15 is 0 Å². The van der Waals surface area contributed by atoms with Crippen molar-refractivity contribution in [3.8, 4) is 0 Å². The summed E-state index contributed by atoms with van der Waals surface area (Å²) in [6.07, 6.45) is 1.71. The average molecular weight is 176 g/mol. The van der Waals surface area contributed by atoms with E-state index in [1.165, 1.54) is 0 Å². The summed E-state index contributed by atoms with van der Waals surface area (Å²) in [6, 6.07) is 0. The highest BCUT2D eigenvalue weighted by atomic mass is 16.2. The molecule has 0 aliphatic carbocycles. The summed E-state index contributed by atoms with van der Waals surface area (Å²) in [5.74, 6) is 12.3. The summed E-state index contributed by atoms with van der Waals surface area (Å²) in [6.45, 7) is 0.777. The molecule has 12 heavy (non-hydrogen) atoms. The van der Waals surface area contributed by atoms with Gasteiger partial charge in [0.15, 0.2) is 0 Å². The van der Waals surface area contributed by atoms with Crippen LogP contribution >= 0.6 is 0 Å². The zero-order valence-corrected chi connectivity index (χ0v) is 6.41. The van der Waals surface area contributed by atoms with E-state index in [4.69, 9.17) is 4.79 Å². The van der Waals surface area contributed by atoms with Gasteiger partial charge in [0.2, 0.25) is 5.91 Å². The summed E-state index contributed by atoms with van der Waals surface area (Å²) >= 11 is 0. The molecule has 1 amide bonds. The smallest absolute Gasteiger partial charge is 0.257 e. The van der Waals surface area contributed by atoms with Crippen LogP contribution in [0.2, 0.25) is 0 Å². The molecule has 0 aromatic heterocycles. The summed E-state index contributed by atoms with van der Waals surface area (Å²) in [5.41, 5.74) is 5.10. The Hall–Kier alpha value is -1.47. The van der Waals surface area contributed by atoms with Crippen LogP contribution in [0.15, 0.2) is 5.10 Å². The van der Waals surface area contributed by atoms with Crippen LogP contribution in [0.3, 0.4) is 0 Å². The third-order valence-electron chi connectivity index (χ3n) is 0.758. The Balaban J connectivity index is 0. The first-order valence-corrected chi connectivity index (χ1v) is 2.93. The minimum Gasteiger partial charge on any atom is -0.312 e. The lowest BCUT2D eigenvalue weighted by Gasteiger charge is -1.83. The Labute approximate surface area is 69.1 Å². The quantitative estimate of drug-likeness (QED) is 0.115. The second-order valence-corrected chi connectivity index (χ2v) is 1.45. The number of carbonyl (C=O) groups excluding carboxylic acids is 2. The molecular formula is C4H12N6O2. The first-order chi connectivity index (χ1) is 5.81. The number of nitrogens with one attached hydrogen (secondary N) is 2. The second kappa shape index (κ2) is 12.2. The van der Waals surface area contributed by atoms with Gasteiger partial charge in [-0.15, -0.1) is 0 Å². The molecule has 0 unspecified atom stereocenters. The molecule has 1 aliphatic heterocycles. The van der Waals surface area contributed by atoms with Crippen molar-refractivity contribution in [1.82, 2.24) is 10.9 Å². The van der Waals surface area contributed by atoms with Crippen LogP contribution < -0.4 is 28.4 Å². The summed E-state index contributed by atoms with van der Waals surface area (Å²) in [5, 5.41) is 2.43. The van der Waals surface area contributed by atoms with Crippen LogP contribution in [0.5, 0.6) is 0 Å². The molecule has 0 spiro atoms. The summed E-state index contributed by atoms with van der Waals surface area (Å²) in [7, 11) is 0. The second-order valence-electron chi connectivity index (χ2n) is 1.45. The van der Waals surface area contributed by atoms with Crippen molar-refractivity contribution >= 4 is 12.0 Å². The van der Waals surface area contributed by atoms with Crippen LogP contribution in [0.1, 0.15) is 6.42 Å². The molecular weight excluding hydrogens is 164 g/mol. The fourth-order valence-electron chi connectivity index (χ4n) is 0.400. The Bertz CT molecular complexity index is 146. The lowest BCUT2D eigenvalue weighted by molar-refractivity contribution is -0.119. The number of carbonyl (C=O) groups is 1. The van der Waals surface area contributed by atoms with Gasteiger partial charge in [-0.1, -0.05) is 5.10 Å². The largest absolute Gasteiger partial charge is 0.312 e. The molecule has 8 nitrogen and oxygen atoms in total. The Morgan fingerprint density at radius 2 is 2.00 bits per heavy atom. The van der Waals surface area contributed by atoms with E-state index in [-0.39, 0.29) is 5.91 Å². The van der Waals surface area contributed by atoms with Crippen LogP contribution in [-0.2, 0) is 9.59 Å². The van der Waals surface area contributed by atoms with E-state index in [1.54, 1.807) is 0 Å². The van der Waals surface area contributed by atoms with Gasteiger partial charge in [0.25, 0.3) is 6.08 Å². The normalized spacial score (nSPS) is 12.3. The highest BCUT2D eigenvalue weighted by Gasteiger charge is 2.04. The van der Waals surface area contributed by atoms with Gasteiger partial charge >= 0.3 is 0 Å². The zero-order valence-electron chi connectivity index (χ0n) is 6.41. The predicted molar refractivity (Wildman–Crippen MR) is 41.4 cm³/mol. The van der Waals surface area contributed by atoms with Crippen molar-refractivity contribution < 1.29 is 9.59 Å². The first kappa shape index (κ1) is 13.1. The molecule has 8 heteroatoms. The third kappa shape index (κ3) is 11.3. The summed E-state index contributed by atoms with van der Waals surface area (Å²) in [4.78, 5) is 18.8. The predicted octanol–water partition coefficient (Wildman–Crippen LogP) is -2.97. The van der Waals surface area contributed by atoms with Gasteiger partial charge in [0.05, 0.1) is 0 Å². The van der Waals surface area contributed by atoms with E-state index in [0.717, 1.165) is 12.6 Å². The molecule has 70 valence electrons. The molecule has 0 bridgehead atoms. The number of isocyanates is 1. The molecule has 0 saturated carbocycles. The molecule has 1 rings (SSSR count). The van der Waals surface area contributed by atoms with Crippen molar-refractivity contribution in [2.45, 2.75) is 6.42 Å². The van der Waals surface area contributed by atoms with Gasteiger partial charge in [-0.3, -0.25) is 21.9 Å². The highest BCUT2D eigenvalue weighted by molar-refractivity contribution is 5.77. The fraction of sp³-hybridized carbons (Fsp3) is 0.500. The van der Waals surface area contributed by atoms with Gasteiger partial charge in [0, 0.05) is 13.0 Å². The lowest BCUT2D eigenvalue weighted by Crippen LogP contribution is -2.25. The lowest BCUT2D eigenvalue weighted by atomic mass is 10.5. The maximum atomic E-state index is 10.1. The van der Waals surface area contributed by atoms with Crippen molar-refractivity contribution in [2.75, 3.05) is 6.54 Å². The van der Waals surface area contributed by atoms with Crippen molar-refractivity contribution in [3.05, 3.63) is 0 Å². The van der Waals surface area contributed by atoms with E-state index in [9.17, 15) is 4.79 Å². The molecule has 8 N–H and O–H groups in total. The Morgan fingerprint density at radius 1 is 1.50 bits per heavy atom. The monoisotopic (exact) mass is 176 g/mol. The Kier molecular flexibility index (Phi) is 13.4. The molecule has 0 radical (unpaired) electrons. The molecule has 1 aliphatic rings. The number of nitrogens with two attached hydrogens (primary N) is 3. The minimum absolute atomic E-state index is 0.0926. The highest BCUT2D eigenvalue weighted by Crippen LogP contribution is 1.79. The van der Waals surface area contributed by atoms with Gasteiger partial charge in [-0.05, 0) is 0 Å². The molecule has 1 fully saturated rings. The van der Waals surface area contributed by atoms with Crippen molar-refractivity contribution in [3.63, 3.8) is 0 Å². The van der Waals surface area contributed by atoms with Crippen LogP contribution in [0.25, 0.3) is 0 Å². The van der Waals surface area contributed by atoms with E-state index in [0.29, 0.717) is 6.42 Å². The molecule has 0 atom stereocenters. The molecule has 1 heterocycles. The van der Waals surface area contributed by atoms with Gasteiger partial charge in [-0.2, -0.15) is 0 Å². The minimum atomic E-state index is 0.0926. The topological polar surface area (TPSA) is 149 Å². The van der Waals surface area contributed by atoms with Gasteiger partial charge < -0.3 is 5.84 Å². The molecule has 0 aromatic carbocycles. The number of amides is 1. The number of hydrogen-bond acceptors (Lipinski definition) is 7. The van der Waals surface area contributed by atoms with E-state index < -0.39 is 0 Å². The molecule has 0 aromatic rings. The maximum absolute atomic E-state index is 10.1. The average Bonchev–Trinajstić information content (AvgIpc) is 2.60. The number of rotatable bonds is 0. The number of hydrogen-bond donors (Lipinski definition) is 5. The Morgan fingerprint density at radius 3 is 2.08 bits per heavy atom. The number of hydrazone groups is 1. The number of nitrogens with zero attached hydrogens (tertiary/aromatic N) is 1. The molecule has 1 saturated heterocycles. The van der Waals surface area contributed by atoms with Crippen LogP contribution in [-0.4, -0.2) is 18.5 Å². The van der Waals surface area contributed by atoms with E-state index in [1.807, 2.05) is 0 Å². The fourth-order valence-corrected chi connectivity index (χ4v) is 0.400. The summed E-state index contributed by atoms with van der Waals surface area (Å²) < 4.78 is 0. The van der Waals surface area contributed by atoms with Gasteiger partial charge in [0.1, 0.15) is 0 Å². The zero-order chi connectivity index (χ0) is 9.82. The van der Waals surface area contributed by atoms with Crippen molar-refractivity contribution in [2.24, 2.45) is 22.6 Å². The van der Waals surface area contributed by atoms with E-state index in [2.05, 4.69) is 33.5 Å².